The predicted molar refractivity (Wildman–Crippen MR) is 131 cm³/mol. The van der Waals surface area contributed by atoms with Gasteiger partial charge in [-0.1, -0.05) is 48.5 Å². The third kappa shape index (κ3) is 5.30. The van der Waals surface area contributed by atoms with Crippen LogP contribution in [0.25, 0.3) is 22.3 Å². The number of carbonyl (C=O) groups is 2. The van der Waals surface area contributed by atoms with Gasteiger partial charge in [0.2, 0.25) is 0 Å². The topological polar surface area (TPSA) is 85.6 Å². The van der Waals surface area contributed by atoms with Crippen molar-refractivity contribution in [2.24, 2.45) is 0 Å². The van der Waals surface area contributed by atoms with Gasteiger partial charge < -0.3 is 14.5 Å². The minimum atomic E-state index is -1.07. The number of para-hydroxylation sites is 1. The monoisotopic (exact) mass is 473 g/mol. The number of halogens is 1. The van der Waals surface area contributed by atoms with E-state index < -0.39 is 18.0 Å². The number of carbonyl (C=O) groups excluding carboxylic acids is 2. The Morgan fingerprint density at radius 1 is 1.00 bits per heavy atom. The number of rotatable bonds is 7. The molecule has 0 spiro atoms. The molecule has 0 bridgehead atoms. The Labute approximate surface area is 201 Å². The second kappa shape index (κ2) is 10.3. The summed E-state index contributed by atoms with van der Waals surface area (Å²) < 4.78 is 24.4. The van der Waals surface area contributed by atoms with Gasteiger partial charge in [0.05, 0.1) is 5.39 Å². The van der Waals surface area contributed by atoms with E-state index in [1.807, 2.05) is 30.3 Å². The molecule has 1 aromatic heterocycles. The molecule has 0 aliphatic rings. The van der Waals surface area contributed by atoms with Crippen LogP contribution in [0.3, 0.4) is 0 Å². The fourth-order valence-corrected chi connectivity index (χ4v) is 3.74. The van der Waals surface area contributed by atoms with Gasteiger partial charge in [0.15, 0.2) is 17.1 Å². The summed E-state index contributed by atoms with van der Waals surface area (Å²) in [5.41, 5.74) is 1.93. The minimum Gasteiger partial charge on any atom is -0.455 e. The van der Waals surface area contributed by atoms with E-state index >= 15 is 0 Å². The zero-order valence-corrected chi connectivity index (χ0v) is 19.3. The van der Waals surface area contributed by atoms with Crippen LogP contribution in [0.5, 0.6) is 0 Å². The molecule has 1 N–H and O–H groups in total. The molecule has 178 valence electrons. The zero-order chi connectivity index (χ0) is 24.9. The van der Waals surface area contributed by atoms with Crippen molar-refractivity contribution in [2.75, 3.05) is 6.54 Å². The molecule has 1 heterocycles. The van der Waals surface area contributed by atoms with Crippen molar-refractivity contribution >= 4 is 22.8 Å². The Balaban J connectivity index is 1.51. The molecule has 0 aliphatic carbocycles. The molecule has 1 atom stereocenters. The molecular weight excluding hydrogens is 449 g/mol. The first-order valence-electron chi connectivity index (χ1n) is 11.2. The maximum absolute atomic E-state index is 13.0. The molecule has 0 fully saturated rings. The normalized spacial score (nSPS) is 11.7. The first kappa shape index (κ1) is 23.9. The van der Waals surface area contributed by atoms with Crippen molar-refractivity contribution in [3.05, 3.63) is 106 Å². The summed E-state index contributed by atoms with van der Waals surface area (Å²) in [5.74, 6) is -1.20. The van der Waals surface area contributed by atoms with E-state index in [1.165, 1.54) is 25.1 Å². The van der Waals surface area contributed by atoms with Crippen molar-refractivity contribution < 1.29 is 23.1 Å². The Bertz CT molecular complexity index is 1430. The largest absolute Gasteiger partial charge is 0.455 e. The third-order valence-corrected chi connectivity index (χ3v) is 5.68. The van der Waals surface area contributed by atoms with Crippen LogP contribution in [0.4, 0.5) is 4.39 Å². The molecule has 0 saturated carbocycles. The molecule has 3 aromatic carbocycles. The number of ether oxygens (including phenoxy) is 1. The van der Waals surface area contributed by atoms with Crippen LogP contribution >= 0.6 is 0 Å². The number of hydrogen-bond donors (Lipinski definition) is 1. The molecule has 0 aliphatic heterocycles. The molecule has 6 nitrogen and oxygen atoms in total. The van der Waals surface area contributed by atoms with E-state index in [-0.39, 0.29) is 27.8 Å². The van der Waals surface area contributed by atoms with Gasteiger partial charge in [-0.3, -0.25) is 9.59 Å². The molecule has 7 heteroatoms. The van der Waals surface area contributed by atoms with Gasteiger partial charge in [-0.2, -0.15) is 0 Å². The number of nitrogens with one attached hydrogen (secondary N) is 1. The van der Waals surface area contributed by atoms with Crippen molar-refractivity contribution in [1.82, 2.24) is 5.32 Å². The van der Waals surface area contributed by atoms with Gasteiger partial charge in [-0.05, 0) is 50.1 Å². The van der Waals surface area contributed by atoms with Gasteiger partial charge in [-0.15, -0.1) is 0 Å². The standard InChI is InChI=1S/C28H24FNO5/c1-17-24(31)22-9-6-10-23(26(22)35-25(17)20-7-4-3-5-8-20)28(33)34-18(2)27(32)30-16-15-19-11-13-21(29)14-12-19/h3-14,18H,15-16H2,1-2H3,(H,30,32). The van der Waals surface area contributed by atoms with Gasteiger partial charge in [0.25, 0.3) is 5.91 Å². The van der Waals surface area contributed by atoms with Crippen LogP contribution in [-0.4, -0.2) is 24.5 Å². The highest BCUT2D eigenvalue weighted by atomic mass is 19.1. The highest BCUT2D eigenvalue weighted by Gasteiger charge is 2.23. The average Bonchev–Trinajstić information content (AvgIpc) is 2.87. The highest BCUT2D eigenvalue weighted by Crippen LogP contribution is 2.27. The number of amides is 1. The van der Waals surface area contributed by atoms with Crippen LogP contribution in [0.1, 0.15) is 28.4 Å². The lowest BCUT2D eigenvalue weighted by Gasteiger charge is -2.15. The Hall–Kier alpha value is -4.26. The lowest BCUT2D eigenvalue weighted by atomic mass is 10.0. The van der Waals surface area contributed by atoms with Crippen LogP contribution in [0.15, 0.2) is 82.0 Å². The van der Waals surface area contributed by atoms with Gasteiger partial charge >= 0.3 is 5.97 Å². The summed E-state index contributed by atoms with van der Waals surface area (Å²) in [6, 6.07) is 19.8. The summed E-state index contributed by atoms with van der Waals surface area (Å²) in [5, 5.41) is 2.96. The van der Waals surface area contributed by atoms with Crippen LogP contribution in [0.2, 0.25) is 0 Å². The van der Waals surface area contributed by atoms with Crippen molar-refractivity contribution in [1.29, 1.82) is 0 Å². The second-order valence-corrected chi connectivity index (χ2v) is 8.15. The lowest BCUT2D eigenvalue weighted by molar-refractivity contribution is -0.129. The summed E-state index contributed by atoms with van der Waals surface area (Å²) in [6.07, 6.45) is -0.570. The molecule has 35 heavy (non-hydrogen) atoms. The van der Waals surface area contributed by atoms with Gasteiger partial charge in [0, 0.05) is 17.7 Å². The van der Waals surface area contributed by atoms with Crippen LogP contribution < -0.4 is 10.7 Å². The number of benzene rings is 3. The molecule has 0 radical (unpaired) electrons. The maximum Gasteiger partial charge on any atom is 0.342 e. The highest BCUT2D eigenvalue weighted by molar-refractivity contribution is 6.03. The van der Waals surface area contributed by atoms with E-state index in [4.69, 9.17) is 9.15 Å². The van der Waals surface area contributed by atoms with Gasteiger partial charge in [-0.25, -0.2) is 9.18 Å². The predicted octanol–water partition coefficient (Wildman–Crippen LogP) is 4.81. The summed E-state index contributed by atoms with van der Waals surface area (Å²) in [4.78, 5) is 38.4. The smallest absolute Gasteiger partial charge is 0.342 e. The molecule has 0 saturated heterocycles. The molecule has 1 amide bonds. The number of hydrogen-bond acceptors (Lipinski definition) is 5. The number of esters is 1. The van der Waals surface area contributed by atoms with Crippen molar-refractivity contribution in [2.45, 2.75) is 26.4 Å². The van der Waals surface area contributed by atoms with E-state index in [9.17, 15) is 18.8 Å². The summed E-state index contributed by atoms with van der Waals surface area (Å²) >= 11 is 0. The quantitative estimate of drug-likeness (QED) is 0.389. The second-order valence-electron chi connectivity index (χ2n) is 8.15. The minimum absolute atomic E-state index is 0.0581. The van der Waals surface area contributed by atoms with E-state index in [0.29, 0.717) is 29.9 Å². The Morgan fingerprint density at radius 2 is 1.71 bits per heavy atom. The van der Waals surface area contributed by atoms with E-state index in [0.717, 1.165) is 5.56 Å². The molecule has 4 rings (SSSR count). The molecule has 4 aromatic rings. The van der Waals surface area contributed by atoms with Crippen molar-refractivity contribution in [3.8, 4) is 11.3 Å². The Morgan fingerprint density at radius 3 is 2.43 bits per heavy atom. The van der Waals surface area contributed by atoms with Crippen LogP contribution in [-0.2, 0) is 16.0 Å². The first-order valence-corrected chi connectivity index (χ1v) is 11.2. The lowest BCUT2D eigenvalue weighted by Crippen LogP contribution is -2.37. The Kier molecular flexibility index (Phi) is 7.06. The number of fused-ring (bicyclic) bond motifs is 1. The van der Waals surface area contributed by atoms with Crippen molar-refractivity contribution in [3.63, 3.8) is 0 Å². The molecular formula is C28H24FNO5. The van der Waals surface area contributed by atoms with E-state index in [1.54, 1.807) is 31.2 Å². The fraction of sp³-hybridized carbons (Fsp3) is 0.179. The maximum atomic E-state index is 13.0. The van der Waals surface area contributed by atoms with Gasteiger partial charge in [0.1, 0.15) is 17.1 Å². The first-order chi connectivity index (χ1) is 16.8. The fourth-order valence-electron chi connectivity index (χ4n) is 3.74. The SMILES string of the molecule is Cc1c(-c2ccccc2)oc2c(C(=O)OC(C)C(=O)NCCc3ccc(F)cc3)cccc2c1=O. The van der Waals surface area contributed by atoms with Crippen LogP contribution in [0, 0.1) is 12.7 Å². The summed E-state index contributed by atoms with van der Waals surface area (Å²) in [7, 11) is 0. The third-order valence-electron chi connectivity index (χ3n) is 5.68. The summed E-state index contributed by atoms with van der Waals surface area (Å²) in [6.45, 7) is 3.44. The zero-order valence-electron chi connectivity index (χ0n) is 19.3. The average molecular weight is 474 g/mol. The van der Waals surface area contributed by atoms with E-state index in [2.05, 4.69) is 5.32 Å². The molecule has 1 unspecified atom stereocenters.